The van der Waals surface area contributed by atoms with Gasteiger partial charge < -0.3 is 34.4 Å². The number of methoxy groups -OCH3 is 1. The number of esters is 1. The molecule has 0 unspecified atom stereocenters. The summed E-state index contributed by atoms with van der Waals surface area (Å²) < 4.78 is 17.7. The highest BCUT2D eigenvalue weighted by Crippen LogP contribution is 2.60. The van der Waals surface area contributed by atoms with Gasteiger partial charge in [-0.15, -0.1) is 13.2 Å². The predicted octanol–water partition coefficient (Wildman–Crippen LogP) is 3.34. The highest BCUT2D eigenvalue weighted by Gasteiger charge is 2.75. The van der Waals surface area contributed by atoms with Gasteiger partial charge in [0.05, 0.1) is 44.2 Å². The minimum absolute atomic E-state index is 0.107. The molecule has 11 heteroatoms. The third-order valence-corrected chi connectivity index (χ3v) is 9.38. The monoisotopic (exact) mass is 645 g/mol. The van der Waals surface area contributed by atoms with Gasteiger partial charge in [0, 0.05) is 18.7 Å². The van der Waals surface area contributed by atoms with Crippen molar-refractivity contribution in [2.75, 3.05) is 31.7 Å². The Labute approximate surface area is 275 Å². The van der Waals surface area contributed by atoms with Crippen LogP contribution in [0.5, 0.6) is 5.75 Å². The van der Waals surface area contributed by atoms with Crippen molar-refractivity contribution in [1.82, 2.24) is 10.2 Å². The summed E-state index contributed by atoms with van der Waals surface area (Å²) in [6.07, 6.45) is 3.60. The maximum absolute atomic E-state index is 14.8. The molecule has 0 saturated carbocycles. The van der Waals surface area contributed by atoms with Gasteiger partial charge in [-0.05, 0) is 56.0 Å². The maximum atomic E-state index is 14.8. The Morgan fingerprint density at radius 2 is 1.87 bits per heavy atom. The maximum Gasteiger partial charge on any atom is 0.312 e. The lowest BCUT2D eigenvalue weighted by molar-refractivity contribution is -0.159. The molecule has 7 atom stereocenters. The molecule has 3 fully saturated rings. The normalized spacial score (nSPS) is 25.4. The van der Waals surface area contributed by atoms with Crippen LogP contribution in [0, 0.1) is 11.8 Å². The summed E-state index contributed by atoms with van der Waals surface area (Å²) in [6.45, 7) is 8.94. The molecule has 3 amide bonds. The van der Waals surface area contributed by atoms with E-state index in [4.69, 9.17) is 14.2 Å². The largest absolute Gasteiger partial charge is 0.497 e. The second-order valence-corrected chi connectivity index (χ2v) is 12.2. The van der Waals surface area contributed by atoms with Gasteiger partial charge in [-0.1, -0.05) is 42.5 Å². The number of nitrogens with one attached hydrogen (secondary N) is 1. The molecule has 3 saturated heterocycles. The minimum Gasteiger partial charge on any atom is -0.497 e. The summed E-state index contributed by atoms with van der Waals surface area (Å²) >= 11 is 0. The Bertz CT molecular complexity index is 1480. The first-order valence-corrected chi connectivity index (χ1v) is 16.0. The van der Waals surface area contributed by atoms with Gasteiger partial charge in [0.1, 0.15) is 23.5 Å². The van der Waals surface area contributed by atoms with Crippen LogP contribution in [0.15, 0.2) is 79.9 Å². The van der Waals surface area contributed by atoms with Crippen LogP contribution >= 0.6 is 0 Å². The highest BCUT2D eigenvalue weighted by molar-refractivity contribution is 6.05. The van der Waals surface area contributed by atoms with E-state index < -0.39 is 66.1 Å². The average molecular weight is 646 g/mol. The van der Waals surface area contributed by atoms with Crippen LogP contribution in [-0.2, 0) is 28.7 Å². The zero-order chi connectivity index (χ0) is 33.7. The van der Waals surface area contributed by atoms with E-state index in [1.807, 2.05) is 6.07 Å². The molecule has 2 N–H and O–H groups in total. The molecule has 250 valence electrons. The van der Waals surface area contributed by atoms with E-state index in [-0.39, 0.29) is 25.4 Å². The Morgan fingerprint density at radius 3 is 2.51 bits per heavy atom. The van der Waals surface area contributed by atoms with Crippen LogP contribution in [0.3, 0.4) is 0 Å². The molecule has 2 bridgehead atoms. The first-order valence-electron chi connectivity index (χ1n) is 16.0. The van der Waals surface area contributed by atoms with E-state index in [1.165, 1.54) is 9.80 Å². The lowest BCUT2D eigenvalue weighted by atomic mass is 9.70. The number of aliphatic hydroxyl groups excluding tert-OH is 1. The third-order valence-electron chi connectivity index (χ3n) is 9.38. The molecule has 3 aliphatic heterocycles. The SMILES string of the molecule is C=CCCC(=O)NC[C@H](C)OC(=O)[C@@H]1[C@@H]2CC[C@]3(O2)[C@H](C(=O)N(CC=C)c2ccc(OC)cc2)N([C@H](CO)c2ccccc2)C(=O)[C@@H]13. The van der Waals surface area contributed by atoms with Crippen molar-refractivity contribution in [1.29, 1.82) is 0 Å². The number of benzene rings is 2. The number of hydrogen-bond donors (Lipinski definition) is 2. The van der Waals surface area contributed by atoms with Crippen LogP contribution < -0.4 is 15.0 Å². The molecule has 11 nitrogen and oxygen atoms in total. The number of allylic oxidation sites excluding steroid dienone is 1. The molecule has 3 heterocycles. The first-order chi connectivity index (χ1) is 22.7. The van der Waals surface area contributed by atoms with Crippen LogP contribution in [-0.4, -0.2) is 84.4 Å². The van der Waals surface area contributed by atoms with Crippen LogP contribution in [0.1, 0.15) is 44.2 Å². The van der Waals surface area contributed by atoms with Crippen molar-refractivity contribution in [2.24, 2.45) is 11.8 Å². The summed E-state index contributed by atoms with van der Waals surface area (Å²) in [5.74, 6) is -3.01. The Hall–Kier alpha value is -4.48. The minimum atomic E-state index is -1.32. The molecule has 0 aromatic heterocycles. The Kier molecular flexibility index (Phi) is 10.5. The second-order valence-electron chi connectivity index (χ2n) is 12.2. The van der Waals surface area contributed by atoms with Gasteiger partial charge in [0.25, 0.3) is 5.91 Å². The topological polar surface area (TPSA) is 135 Å². The van der Waals surface area contributed by atoms with Crippen molar-refractivity contribution in [3.05, 3.63) is 85.5 Å². The van der Waals surface area contributed by atoms with Crippen molar-refractivity contribution < 1.29 is 38.5 Å². The number of carbonyl (C=O) groups excluding carboxylic acids is 4. The van der Waals surface area contributed by atoms with E-state index in [9.17, 15) is 24.3 Å². The first kappa shape index (κ1) is 33.9. The molecule has 3 aliphatic rings. The van der Waals surface area contributed by atoms with E-state index in [0.29, 0.717) is 36.3 Å². The lowest BCUT2D eigenvalue weighted by Crippen LogP contribution is -2.57. The smallest absolute Gasteiger partial charge is 0.312 e. The van der Waals surface area contributed by atoms with E-state index in [0.717, 1.165) is 0 Å². The summed E-state index contributed by atoms with van der Waals surface area (Å²) in [6, 6.07) is 14.0. The number of hydrogen-bond acceptors (Lipinski definition) is 8. The molecule has 5 rings (SSSR count). The molecule has 0 radical (unpaired) electrons. The summed E-state index contributed by atoms with van der Waals surface area (Å²) in [5.41, 5.74) is -0.110. The second kappa shape index (κ2) is 14.5. The van der Waals surface area contributed by atoms with Gasteiger partial charge >= 0.3 is 5.97 Å². The number of fused-ring (bicyclic) bond motifs is 1. The summed E-state index contributed by atoms with van der Waals surface area (Å²) in [5, 5.41) is 13.5. The van der Waals surface area contributed by atoms with Crippen LogP contribution in [0.2, 0.25) is 0 Å². The van der Waals surface area contributed by atoms with Crippen molar-refractivity contribution in [2.45, 2.75) is 62.5 Å². The van der Waals surface area contributed by atoms with Gasteiger partial charge in [0.2, 0.25) is 11.8 Å². The number of rotatable bonds is 15. The fourth-order valence-electron chi connectivity index (χ4n) is 7.26. The number of nitrogens with zero attached hydrogens (tertiary/aromatic N) is 2. The molecular weight excluding hydrogens is 602 g/mol. The van der Waals surface area contributed by atoms with Crippen LogP contribution in [0.25, 0.3) is 0 Å². The summed E-state index contributed by atoms with van der Waals surface area (Å²) in [4.78, 5) is 58.3. The molecule has 47 heavy (non-hydrogen) atoms. The number of amides is 3. The predicted molar refractivity (Wildman–Crippen MR) is 174 cm³/mol. The van der Waals surface area contributed by atoms with E-state index in [1.54, 1.807) is 74.7 Å². The van der Waals surface area contributed by atoms with Crippen LogP contribution in [0.4, 0.5) is 5.69 Å². The molecule has 2 aromatic rings. The Morgan fingerprint density at radius 1 is 1.15 bits per heavy atom. The highest BCUT2D eigenvalue weighted by atomic mass is 16.6. The van der Waals surface area contributed by atoms with E-state index >= 15 is 0 Å². The van der Waals surface area contributed by atoms with Crippen molar-refractivity contribution in [3.8, 4) is 5.75 Å². The van der Waals surface area contributed by atoms with Crippen molar-refractivity contribution >= 4 is 29.4 Å². The number of aliphatic hydroxyl groups is 1. The standard InChI is InChI=1S/C36H43N3O8/c1-5-7-13-29(41)37-21-23(3)46-35(44)30-28-18-19-36(47-28)31(30)33(42)39(27(22-40)24-11-9-8-10-12-24)32(36)34(43)38(20-6-2)25-14-16-26(45-4)17-15-25/h5-6,8-12,14-17,23,27-28,30-32,40H,1-2,7,13,18-22H2,3-4H3,(H,37,41)/t23-,27+,28-,30+,31+,32-,36+/m0/s1. The third kappa shape index (κ3) is 6.42. The molecule has 2 aromatic carbocycles. The number of anilines is 1. The van der Waals surface area contributed by atoms with Gasteiger partial charge in [0.15, 0.2) is 0 Å². The summed E-state index contributed by atoms with van der Waals surface area (Å²) in [7, 11) is 1.55. The molecule has 0 aliphatic carbocycles. The number of likely N-dealkylation sites (tertiary alicyclic amines) is 1. The quantitative estimate of drug-likeness (QED) is 0.223. The molecular formula is C36H43N3O8. The van der Waals surface area contributed by atoms with Gasteiger partial charge in [-0.25, -0.2) is 0 Å². The van der Waals surface area contributed by atoms with Gasteiger partial charge in [-0.3, -0.25) is 19.2 Å². The zero-order valence-electron chi connectivity index (χ0n) is 26.9. The zero-order valence-corrected chi connectivity index (χ0v) is 26.9. The van der Waals surface area contributed by atoms with Gasteiger partial charge in [-0.2, -0.15) is 0 Å². The fraction of sp³-hybridized carbons (Fsp3) is 0.444. The fourth-order valence-corrected chi connectivity index (χ4v) is 7.26. The lowest BCUT2D eigenvalue weighted by Gasteiger charge is -2.39. The van der Waals surface area contributed by atoms with Crippen molar-refractivity contribution in [3.63, 3.8) is 0 Å². The van der Waals surface area contributed by atoms with E-state index in [2.05, 4.69) is 18.5 Å². The number of ether oxygens (including phenoxy) is 3. The Balaban J connectivity index is 1.49. The average Bonchev–Trinajstić information content (AvgIpc) is 3.73. The molecule has 1 spiro atoms. The number of carbonyl (C=O) groups is 4.